The van der Waals surface area contributed by atoms with Crippen molar-refractivity contribution in [3.63, 3.8) is 0 Å². The molecule has 2 N–H and O–H groups in total. The van der Waals surface area contributed by atoms with E-state index in [2.05, 4.69) is 22.4 Å². The Labute approximate surface area is 140 Å². The first kappa shape index (κ1) is 20.2. The summed E-state index contributed by atoms with van der Waals surface area (Å²) in [7, 11) is 5.84. The van der Waals surface area contributed by atoms with Gasteiger partial charge in [-0.25, -0.2) is 4.99 Å². The number of amidine groups is 1. The third-order valence-corrected chi connectivity index (χ3v) is 3.53. The maximum atomic E-state index is 9.96. The summed E-state index contributed by atoms with van der Waals surface area (Å²) in [6.07, 6.45) is 0.386. The van der Waals surface area contributed by atoms with Crippen molar-refractivity contribution in [1.82, 2.24) is 10.2 Å². The van der Waals surface area contributed by atoms with E-state index in [0.29, 0.717) is 0 Å². The molecule has 1 aromatic rings. The predicted octanol–water partition coefficient (Wildman–Crippen LogP) is 2.50. The van der Waals surface area contributed by atoms with Gasteiger partial charge in [-0.2, -0.15) is 0 Å². The number of nitrogens with zero attached hydrogens (tertiary/aromatic N) is 2. The molecule has 0 aliphatic heterocycles. The fraction of sp³-hybridized carbons (Fsp3) is 0.562. The van der Waals surface area contributed by atoms with E-state index in [-0.39, 0.29) is 30.7 Å². The molecule has 0 aromatic heterocycles. The van der Waals surface area contributed by atoms with Crippen LogP contribution >= 0.6 is 0 Å². The third-order valence-electron chi connectivity index (χ3n) is 3.53. The number of aliphatic hydroxyl groups is 1. The van der Waals surface area contributed by atoms with E-state index in [1.54, 1.807) is 0 Å². The summed E-state index contributed by atoms with van der Waals surface area (Å²) in [6.45, 7) is 5.98. The van der Waals surface area contributed by atoms with Crippen molar-refractivity contribution in [3.8, 4) is 0 Å². The fourth-order valence-electron chi connectivity index (χ4n) is 2.31. The minimum Gasteiger partial charge on any atom is -0.391 e. The molecule has 1 aromatic carbocycles. The minimum atomic E-state index is -0.334. The van der Waals surface area contributed by atoms with Gasteiger partial charge in [0.1, 0.15) is 5.84 Å². The van der Waals surface area contributed by atoms with Gasteiger partial charge < -0.3 is 15.3 Å². The summed E-state index contributed by atoms with van der Waals surface area (Å²) >= 11 is 0. The molecule has 0 saturated carbocycles. The van der Waals surface area contributed by atoms with Crippen LogP contribution < -0.4 is 5.32 Å². The topological polar surface area (TPSA) is 47.9 Å². The van der Waals surface area contributed by atoms with Gasteiger partial charge in [-0.1, -0.05) is 19.9 Å². The number of hydrogen-bond donors (Lipinski definition) is 2. The monoisotopic (exact) mass is 328 g/mol. The number of hydrogen-bond acceptors (Lipinski definition) is 3. The first-order chi connectivity index (χ1) is 9.52. The van der Waals surface area contributed by atoms with Crippen molar-refractivity contribution in [2.24, 2.45) is 4.99 Å². The van der Waals surface area contributed by atoms with Gasteiger partial charge in [0, 0.05) is 39.1 Å². The normalized spacial score (nSPS) is 20.0. The summed E-state index contributed by atoms with van der Waals surface area (Å²) in [5.74, 6) is 0.967. The molecule has 0 spiro atoms. The molecule has 1 aliphatic carbocycles. The zero-order chi connectivity index (χ0) is 15.3. The summed E-state index contributed by atoms with van der Waals surface area (Å²) in [4.78, 5) is 6.55. The Morgan fingerprint density at radius 2 is 1.95 bits per heavy atom. The van der Waals surface area contributed by atoms with Crippen molar-refractivity contribution in [2.45, 2.75) is 39.3 Å². The summed E-state index contributed by atoms with van der Waals surface area (Å²) < 4.78 is 0. The Bertz CT molecular complexity index is 475. The van der Waals surface area contributed by atoms with Crippen molar-refractivity contribution < 1.29 is 23.7 Å². The van der Waals surface area contributed by atoms with Crippen LogP contribution in [0.5, 0.6) is 0 Å². The van der Waals surface area contributed by atoms with Gasteiger partial charge in [0.2, 0.25) is 0 Å². The van der Waals surface area contributed by atoms with E-state index >= 15 is 0 Å². The van der Waals surface area contributed by atoms with Crippen LogP contribution in [-0.4, -0.2) is 43.1 Å². The van der Waals surface area contributed by atoms with Gasteiger partial charge in [-0.15, -0.1) is 0 Å². The predicted molar refractivity (Wildman–Crippen MR) is 85.8 cm³/mol. The zero-order valence-electron chi connectivity index (χ0n) is 13.9. The van der Waals surface area contributed by atoms with Crippen LogP contribution in [0, 0.1) is 0 Å². The minimum absolute atomic E-state index is 0. The molecule has 0 unspecified atom stereocenters. The number of likely N-dealkylation sites (N-methyl/N-ethyl adjacent to an activating group) is 1. The number of fused-ring (bicyclic) bond motifs is 1. The molecule has 0 amide bonds. The SMILES string of the molecule is CC.CN[C@@H]1c2cc(N=C(C)N(C)C)ccc2C[C@H]1O.[V]. The van der Waals surface area contributed by atoms with Gasteiger partial charge in [0.25, 0.3) is 0 Å². The molecule has 117 valence electrons. The number of rotatable bonds is 2. The van der Waals surface area contributed by atoms with E-state index < -0.39 is 0 Å². The molecule has 0 fully saturated rings. The number of aliphatic imine (C=N–C) groups is 1. The molecule has 5 heteroatoms. The van der Waals surface area contributed by atoms with Gasteiger partial charge in [0.15, 0.2) is 0 Å². The van der Waals surface area contributed by atoms with E-state index in [4.69, 9.17) is 0 Å². The summed E-state index contributed by atoms with van der Waals surface area (Å²) in [5.41, 5.74) is 3.32. The second-order valence-corrected chi connectivity index (χ2v) is 4.97. The van der Waals surface area contributed by atoms with Crippen LogP contribution in [0.25, 0.3) is 0 Å². The molecule has 1 aliphatic rings. The first-order valence-corrected chi connectivity index (χ1v) is 7.23. The maximum absolute atomic E-state index is 9.96. The Kier molecular flexibility index (Phi) is 8.91. The van der Waals surface area contributed by atoms with Crippen molar-refractivity contribution in [1.29, 1.82) is 0 Å². The van der Waals surface area contributed by atoms with Gasteiger partial charge >= 0.3 is 0 Å². The summed E-state index contributed by atoms with van der Waals surface area (Å²) in [5, 5.41) is 13.1. The Balaban J connectivity index is 0.00000128. The Hall–Kier alpha value is -0.806. The molecule has 21 heavy (non-hydrogen) atoms. The van der Waals surface area contributed by atoms with Crippen LogP contribution in [0.15, 0.2) is 23.2 Å². The standard InChI is InChI=1S/C14H21N3O.C2H6.V/c1-9(17(3)4)16-11-6-5-10-7-13(18)14(15-2)12(10)8-11;1-2;/h5-6,8,13-15,18H,7H2,1-4H3;1-2H3;/t13-,14-;;/m1../s1. The molecule has 0 bridgehead atoms. The fourth-order valence-corrected chi connectivity index (χ4v) is 2.31. The second kappa shape index (κ2) is 9.26. The molecule has 0 saturated heterocycles. The smallest absolute Gasteiger partial charge is 0.101 e. The van der Waals surface area contributed by atoms with E-state index in [1.165, 1.54) is 5.56 Å². The number of benzene rings is 1. The zero-order valence-corrected chi connectivity index (χ0v) is 15.3. The number of aliphatic hydroxyl groups excluding tert-OH is 1. The van der Waals surface area contributed by atoms with E-state index in [0.717, 1.165) is 23.5 Å². The average molecular weight is 328 g/mol. The molecular formula is C16H27N3OV. The largest absolute Gasteiger partial charge is 0.391 e. The average Bonchev–Trinajstić information content (AvgIpc) is 2.75. The Morgan fingerprint density at radius 1 is 1.33 bits per heavy atom. The number of nitrogens with one attached hydrogen (secondary N) is 1. The molecule has 2 rings (SSSR count). The van der Waals surface area contributed by atoms with Gasteiger partial charge in [-0.05, 0) is 37.2 Å². The van der Waals surface area contributed by atoms with E-state index in [1.807, 2.05) is 52.9 Å². The van der Waals surface area contributed by atoms with Crippen molar-refractivity contribution >= 4 is 11.5 Å². The van der Waals surface area contributed by atoms with Crippen LogP contribution in [0.3, 0.4) is 0 Å². The third kappa shape index (κ3) is 4.85. The molecule has 1 radical (unpaired) electrons. The van der Waals surface area contributed by atoms with E-state index in [9.17, 15) is 5.11 Å². The van der Waals surface area contributed by atoms with Crippen LogP contribution in [0.4, 0.5) is 5.69 Å². The van der Waals surface area contributed by atoms with Crippen LogP contribution in [0.2, 0.25) is 0 Å². The van der Waals surface area contributed by atoms with Gasteiger partial charge in [-0.3, -0.25) is 0 Å². The van der Waals surface area contributed by atoms with Crippen LogP contribution in [0.1, 0.15) is 37.9 Å². The molecule has 2 atom stereocenters. The van der Waals surface area contributed by atoms with Crippen molar-refractivity contribution in [2.75, 3.05) is 21.1 Å². The Morgan fingerprint density at radius 3 is 2.48 bits per heavy atom. The second-order valence-electron chi connectivity index (χ2n) is 4.97. The molecule has 4 nitrogen and oxygen atoms in total. The molecule has 0 heterocycles. The van der Waals surface area contributed by atoms with Gasteiger partial charge in [0.05, 0.1) is 17.8 Å². The van der Waals surface area contributed by atoms with Crippen molar-refractivity contribution in [3.05, 3.63) is 29.3 Å². The quantitative estimate of drug-likeness (QED) is 0.648. The summed E-state index contributed by atoms with van der Waals surface area (Å²) in [6, 6.07) is 6.17. The maximum Gasteiger partial charge on any atom is 0.101 e. The first-order valence-electron chi connectivity index (χ1n) is 7.23. The molecular weight excluding hydrogens is 301 g/mol. The van der Waals surface area contributed by atoms with Crippen LogP contribution in [-0.2, 0) is 25.0 Å².